The molecule has 0 spiro atoms. The number of nitrogens with one attached hydrogen (secondary N) is 1. The monoisotopic (exact) mass is 399 g/mol. The van der Waals surface area contributed by atoms with Crippen LogP contribution >= 0.6 is 22.6 Å². The maximum Gasteiger partial charge on any atom is 0.143 e. The molecule has 4 nitrogen and oxygen atoms in total. The van der Waals surface area contributed by atoms with Gasteiger partial charge >= 0.3 is 0 Å². The Hall–Kier alpha value is -0.430. The van der Waals surface area contributed by atoms with E-state index in [0.717, 1.165) is 31.0 Å². The maximum atomic E-state index is 6.00. The number of aromatic nitrogens is 2. The van der Waals surface area contributed by atoms with E-state index < -0.39 is 0 Å². The van der Waals surface area contributed by atoms with E-state index >= 15 is 0 Å². The average molecular weight is 399 g/mol. The van der Waals surface area contributed by atoms with Gasteiger partial charge in [0.25, 0.3) is 0 Å². The Kier molecular flexibility index (Phi) is 3.81. The fourth-order valence-corrected chi connectivity index (χ4v) is 4.42. The van der Waals surface area contributed by atoms with Crippen LogP contribution in [-0.2, 0) is 4.74 Å². The Morgan fingerprint density at radius 2 is 2.10 bits per heavy atom. The summed E-state index contributed by atoms with van der Waals surface area (Å²) < 4.78 is 7.24. The van der Waals surface area contributed by atoms with Crippen LogP contribution in [0.2, 0.25) is 0 Å². The fourth-order valence-electron chi connectivity index (χ4n) is 3.55. The van der Waals surface area contributed by atoms with Crippen molar-refractivity contribution >= 4 is 28.4 Å². The molecule has 2 bridgehead atoms. The molecule has 1 aromatic rings. The molecule has 0 aromatic carbocycles. The van der Waals surface area contributed by atoms with Crippen LogP contribution in [-0.4, -0.2) is 28.7 Å². The zero-order valence-electron chi connectivity index (χ0n) is 12.4. The lowest BCUT2D eigenvalue weighted by Gasteiger charge is -2.20. The second-order valence-corrected chi connectivity index (χ2v) is 7.63. The molecule has 4 rings (SSSR count). The third-order valence-corrected chi connectivity index (χ3v) is 5.90. The number of ether oxygens (including phenoxy) is 1. The molecule has 0 radical (unpaired) electrons. The maximum absolute atomic E-state index is 6.00. The van der Waals surface area contributed by atoms with Crippen molar-refractivity contribution in [3.05, 3.63) is 15.1 Å². The van der Waals surface area contributed by atoms with Crippen molar-refractivity contribution in [2.45, 2.75) is 69.5 Å². The van der Waals surface area contributed by atoms with E-state index in [1.807, 2.05) is 0 Å². The number of fused-ring (bicyclic) bond motifs is 2. The summed E-state index contributed by atoms with van der Waals surface area (Å²) in [6, 6.07) is 0. The summed E-state index contributed by atoms with van der Waals surface area (Å²) in [6.07, 6.45) is 8.03. The van der Waals surface area contributed by atoms with Gasteiger partial charge in [0.2, 0.25) is 0 Å². The second kappa shape index (κ2) is 5.65. The van der Waals surface area contributed by atoms with Gasteiger partial charge in [-0.2, -0.15) is 0 Å². The van der Waals surface area contributed by atoms with E-state index in [4.69, 9.17) is 14.7 Å². The number of halogens is 1. The lowest BCUT2D eigenvalue weighted by Crippen LogP contribution is -2.19. The van der Waals surface area contributed by atoms with Crippen LogP contribution in [0.25, 0.3) is 0 Å². The number of nitrogens with zero attached hydrogens (tertiary/aromatic N) is 2. The third-order valence-electron chi connectivity index (χ3n) is 4.84. The molecule has 1 saturated carbocycles. The Labute approximate surface area is 139 Å². The molecule has 3 heterocycles. The highest BCUT2D eigenvalue weighted by Crippen LogP contribution is 2.46. The van der Waals surface area contributed by atoms with Gasteiger partial charge in [-0.05, 0) is 61.1 Å². The molecule has 2 saturated heterocycles. The molecule has 2 aliphatic heterocycles. The van der Waals surface area contributed by atoms with Crippen LogP contribution in [0.3, 0.4) is 0 Å². The Morgan fingerprint density at radius 1 is 1.24 bits per heavy atom. The van der Waals surface area contributed by atoms with Gasteiger partial charge in [-0.25, -0.2) is 9.97 Å². The van der Waals surface area contributed by atoms with E-state index in [1.54, 1.807) is 0 Å². The number of hydrogen-bond acceptors (Lipinski definition) is 4. The molecule has 3 unspecified atom stereocenters. The van der Waals surface area contributed by atoms with Gasteiger partial charge in [-0.1, -0.05) is 6.92 Å². The molecule has 3 fully saturated rings. The molecule has 1 aromatic heterocycles. The van der Waals surface area contributed by atoms with Gasteiger partial charge in [0.15, 0.2) is 0 Å². The van der Waals surface area contributed by atoms with Crippen LogP contribution in [0, 0.1) is 3.57 Å². The largest absolute Gasteiger partial charge is 0.374 e. The second-order valence-electron chi connectivity index (χ2n) is 6.55. The molecule has 3 aliphatic rings. The van der Waals surface area contributed by atoms with Crippen molar-refractivity contribution in [1.82, 2.24) is 9.97 Å². The summed E-state index contributed by atoms with van der Waals surface area (Å²) in [4.78, 5) is 9.84. The summed E-state index contributed by atoms with van der Waals surface area (Å²) in [6.45, 7) is 3.16. The minimum Gasteiger partial charge on any atom is -0.374 e. The molecular formula is C16H22IN3O. The first-order valence-corrected chi connectivity index (χ1v) is 9.30. The van der Waals surface area contributed by atoms with E-state index in [1.165, 1.54) is 34.9 Å². The van der Waals surface area contributed by atoms with Crippen molar-refractivity contribution in [3.8, 4) is 0 Å². The molecular weight excluding hydrogens is 377 g/mol. The summed E-state index contributed by atoms with van der Waals surface area (Å²) in [5, 5.41) is 3.49. The average Bonchev–Trinajstić information content (AvgIpc) is 3.12. The molecule has 1 aliphatic carbocycles. The first kappa shape index (κ1) is 14.2. The van der Waals surface area contributed by atoms with Gasteiger partial charge in [-0.3, -0.25) is 0 Å². The SMILES string of the molecule is CCCNc1nc(C2CC3CCC2O3)nc(C2CC2)c1I. The van der Waals surface area contributed by atoms with Crippen molar-refractivity contribution in [2.75, 3.05) is 11.9 Å². The van der Waals surface area contributed by atoms with Crippen molar-refractivity contribution < 1.29 is 4.74 Å². The van der Waals surface area contributed by atoms with E-state index in [-0.39, 0.29) is 0 Å². The Morgan fingerprint density at radius 3 is 2.71 bits per heavy atom. The number of rotatable bonds is 5. The van der Waals surface area contributed by atoms with Crippen molar-refractivity contribution in [1.29, 1.82) is 0 Å². The van der Waals surface area contributed by atoms with E-state index in [9.17, 15) is 0 Å². The summed E-state index contributed by atoms with van der Waals surface area (Å²) in [5.74, 6) is 3.16. The van der Waals surface area contributed by atoms with E-state index in [0.29, 0.717) is 24.0 Å². The number of hydrogen-bond donors (Lipinski definition) is 1. The summed E-state index contributed by atoms with van der Waals surface area (Å²) in [7, 11) is 0. The fraction of sp³-hybridized carbons (Fsp3) is 0.750. The van der Waals surface area contributed by atoms with Gasteiger partial charge in [0, 0.05) is 18.4 Å². The van der Waals surface area contributed by atoms with Gasteiger partial charge in [0.1, 0.15) is 11.6 Å². The van der Waals surface area contributed by atoms with Crippen LogP contribution in [0.15, 0.2) is 0 Å². The van der Waals surface area contributed by atoms with Crippen LogP contribution in [0.5, 0.6) is 0 Å². The molecule has 114 valence electrons. The molecule has 5 heteroatoms. The highest BCUT2D eigenvalue weighted by molar-refractivity contribution is 14.1. The minimum atomic E-state index is 0.362. The van der Waals surface area contributed by atoms with Crippen molar-refractivity contribution in [3.63, 3.8) is 0 Å². The number of anilines is 1. The van der Waals surface area contributed by atoms with Gasteiger partial charge < -0.3 is 10.1 Å². The smallest absolute Gasteiger partial charge is 0.143 e. The first-order valence-electron chi connectivity index (χ1n) is 8.23. The summed E-state index contributed by atoms with van der Waals surface area (Å²) in [5.41, 5.74) is 1.28. The predicted octanol–water partition coefficient (Wildman–Crippen LogP) is 3.82. The summed E-state index contributed by atoms with van der Waals surface area (Å²) >= 11 is 2.42. The van der Waals surface area contributed by atoms with Gasteiger partial charge in [-0.15, -0.1) is 0 Å². The lowest BCUT2D eigenvalue weighted by atomic mass is 9.88. The zero-order valence-corrected chi connectivity index (χ0v) is 14.6. The molecule has 21 heavy (non-hydrogen) atoms. The standard InChI is InChI=1S/C16H22IN3O/c1-2-7-18-16-13(17)14(9-3-4-9)19-15(20-16)11-8-10-5-6-12(11)21-10/h9-12H,2-8H2,1H3,(H,18,19,20). The first-order chi connectivity index (χ1) is 10.3. The zero-order chi connectivity index (χ0) is 14.4. The highest BCUT2D eigenvalue weighted by atomic mass is 127. The predicted molar refractivity (Wildman–Crippen MR) is 90.8 cm³/mol. The quantitative estimate of drug-likeness (QED) is 0.765. The lowest BCUT2D eigenvalue weighted by molar-refractivity contribution is 0.0998. The van der Waals surface area contributed by atoms with Crippen LogP contribution < -0.4 is 5.32 Å². The Balaban J connectivity index is 1.67. The highest BCUT2D eigenvalue weighted by Gasteiger charge is 2.43. The normalized spacial score (nSPS) is 30.9. The van der Waals surface area contributed by atoms with Crippen LogP contribution in [0.4, 0.5) is 5.82 Å². The topological polar surface area (TPSA) is 47.0 Å². The van der Waals surface area contributed by atoms with Crippen LogP contribution in [0.1, 0.15) is 68.8 Å². The van der Waals surface area contributed by atoms with Crippen molar-refractivity contribution in [2.24, 2.45) is 0 Å². The van der Waals surface area contributed by atoms with Gasteiger partial charge in [0.05, 0.1) is 21.5 Å². The molecule has 3 atom stereocenters. The molecule has 0 amide bonds. The molecule has 1 N–H and O–H groups in total. The minimum absolute atomic E-state index is 0.362. The Bertz CT molecular complexity index is 547. The van der Waals surface area contributed by atoms with E-state index in [2.05, 4.69) is 34.8 Å². The third kappa shape index (κ3) is 2.67.